The Morgan fingerprint density at radius 2 is 2.07 bits per heavy atom. The second kappa shape index (κ2) is 4.90. The predicted molar refractivity (Wildman–Crippen MR) is 66.4 cm³/mol. The van der Waals surface area contributed by atoms with Gasteiger partial charge in [0.15, 0.2) is 0 Å². The molecule has 0 aliphatic rings. The van der Waals surface area contributed by atoms with Crippen LogP contribution in [0.4, 0.5) is 0 Å². The minimum atomic E-state index is 0.0725. The average Bonchev–Trinajstić information content (AvgIpc) is 2.10. The van der Waals surface area contributed by atoms with Crippen LogP contribution >= 0.6 is 23.4 Å². The molecule has 0 spiro atoms. The quantitative estimate of drug-likeness (QED) is 0.368. The first-order valence-electron chi connectivity index (χ1n) is 4.59. The molecule has 1 aromatic carbocycles. The average molecular weight is 244 g/mol. The topological polar surface area (TPSA) is 32.6 Å². The van der Waals surface area contributed by atoms with E-state index in [1.54, 1.807) is 11.8 Å². The highest BCUT2D eigenvalue weighted by Gasteiger charge is 2.16. The van der Waals surface area contributed by atoms with E-state index in [0.717, 1.165) is 10.5 Å². The molecule has 0 bridgehead atoms. The van der Waals surface area contributed by atoms with E-state index in [1.807, 2.05) is 18.2 Å². The molecule has 2 nitrogen and oxygen atoms in total. The van der Waals surface area contributed by atoms with Gasteiger partial charge in [-0.25, -0.2) is 0 Å². The molecule has 1 N–H and O–H groups in total. The van der Waals surface area contributed by atoms with Gasteiger partial charge in [0.2, 0.25) is 0 Å². The third-order valence-corrected chi connectivity index (χ3v) is 3.30. The molecule has 0 radical (unpaired) electrons. The molecule has 1 rings (SSSR count). The summed E-state index contributed by atoms with van der Waals surface area (Å²) < 4.78 is 0.0725. The fraction of sp³-hybridized carbons (Fsp3) is 0.364. The molecule has 0 saturated carbocycles. The second-order valence-corrected chi connectivity index (χ2v) is 6.36. The minimum Gasteiger partial charge on any atom is -0.411 e. The van der Waals surface area contributed by atoms with Gasteiger partial charge < -0.3 is 5.21 Å². The van der Waals surface area contributed by atoms with Gasteiger partial charge in [-0.3, -0.25) is 0 Å². The van der Waals surface area contributed by atoms with Gasteiger partial charge in [-0.1, -0.05) is 49.7 Å². The van der Waals surface area contributed by atoms with Crippen molar-refractivity contribution in [3.8, 4) is 0 Å². The van der Waals surface area contributed by atoms with E-state index in [2.05, 4.69) is 25.9 Å². The third kappa shape index (κ3) is 3.76. The van der Waals surface area contributed by atoms with Gasteiger partial charge in [0.1, 0.15) is 0 Å². The first-order chi connectivity index (χ1) is 6.94. The van der Waals surface area contributed by atoms with E-state index in [0.29, 0.717) is 5.02 Å². The lowest BCUT2D eigenvalue weighted by atomic mass is 10.2. The number of halogens is 1. The van der Waals surface area contributed by atoms with E-state index < -0.39 is 0 Å². The molecule has 0 fully saturated rings. The smallest absolute Gasteiger partial charge is 0.0745 e. The first-order valence-corrected chi connectivity index (χ1v) is 5.78. The number of oxime groups is 1. The van der Waals surface area contributed by atoms with Gasteiger partial charge in [-0.15, -0.1) is 11.8 Å². The van der Waals surface area contributed by atoms with Crippen LogP contribution in [-0.4, -0.2) is 16.2 Å². The molecule has 15 heavy (non-hydrogen) atoms. The molecular formula is C11H14ClNOS. The van der Waals surface area contributed by atoms with Crippen LogP contribution in [0.25, 0.3) is 0 Å². The van der Waals surface area contributed by atoms with E-state index in [4.69, 9.17) is 16.8 Å². The number of benzene rings is 1. The molecule has 0 aromatic heterocycles. The predicted octanol–water partition coefficient (Wildman–Crippen LogP) is 4.04. The molecule has 0 heterocycles. The zero-order chi connectivity index (χ0) is 11.5. The van der Waals surface area contributed by atoms with Crippen molar-refractivity contribution in [3.63, 3.8) is 0 Å². The molecule has 0 atom stereocenters. The summed E-state index contributed by atoms with van der Waals surface area (Å²) in [6.45, 7) is 6.34. The highest BCUT2D eigenvalue weighted by atomic mass is 35.5. The largest absolute Gasteiger partial charge is 0.411 e. The molecule has 0 unspecified atom stereocenters. The summed E-state index contributed by atoms with van der Waals surface area (Å²) in [5.74, 6) is 0. The number of rotatable bonds is 2. The zero-order valence-electron chi connectivity index (χ0n) is 8.99. The Bertz CT molecular complexity index is 371. The fourth-order valence-electron chi connectivity index (χ4n) is 1.10. The van der Waals surface area contributed by atoms with Gasteiger partial charge in [0.05, 0.1) is 11.2 Å². The second-order valence-electron chi connectivity index (χ2n) is 4.12. The normalized spacial score (nSPS) is 12.3. The molecule has 82 valence electrons. The van der Waals surface area contributed by atoms with Crippen molar-refractivity contribution in [2.75, 3.05) is 0 Å². The Morgan fingerprint density at radius 1 is 1.40 bits per heavy atom. The lowest BCUT2D eigenvalue weighted by Gasteiger charge is -2.19. The standard InChI is InChI=1S/C11H14ClNOS/c1-11(2,3)15-10-8(7-13-14)5-4-6-9(10)12/h4-7,14H,1-3H3. The maximum absolute atomic E-state index is 8.55. The summed E-state index contributed by atoms with van der Waals surface area (Å²) in [6.07, 6.45) is 1.40. The third-order valence-electron chi connectivity index (χ3n) is 1.60. The minimum absolute atomic E-state index is 0.0725. The van der Waals surface area contributed by atoms with Crippen molar-refractivity contribution in [1.29, 1.82) is 0 Å². The van der Waals surface area contributed by atoms with Crippen LogP contribution in [0.1, 0.15) is 26.3 Å². The Morgan fingerprint density at radius 3 is 2.60 bits per heavy atom. The van der Waals surface area contributed by atoms with Gasteiger partial charge >= 0.3 is 0 Å². The monoisotopic (exact) mass is 243 g/mol. The van der Waals surface area contributed by atoms with Crippen molar-refractivity contribution >= 4 is 29.6 Å². The van der Waals surface area contributed by atoms with Crippen LogP contribution < -0.4 is 0 Å². The summed E-state index contributed by atoms with van der Waals surface area (Å²) in [5, 5.41) is 12.3. The van der Waals surface area contributed by atoms with Crippen molar-refractivity contribution in [1.82, 2.24) is 0 Å². The molecule has 4 heteroatoms. The summed E-state index contributed by atoms with van der Waals surface area (Å²) >= 11 is 7.77. The number of nitrogens with zero attached hydrogens (tertiary/aromatic N) is 1. The van der Waals surface area contributed by atoms with Crippen LogP contribution in [0.15, 0.2) is 28.3 Å². The van der Waals surface area contributed by atoms with Crippen molar-refractivity contribution < 1.29 is 5.21 Å². The van der Waals surface area contributed by atoms with Gasteiger partial charge in [0, 0.05) is 15.2 Å². The molecule has 0 saturated heterocycles. The van der Waals surface area contributed by atoms with E-state index in [9.17, 15) is 0 Å². The molecule has 0 aliphatic carbocycles. The maximum Gasteiger partial charge on any atom is 0.0745 e. The van der Waals surface area contributed by atoms with Crippen molar-refractivity contribution in [2.45, 2.75) is 30.4 Å². The SMILES string of the molecule is CC(C)(C)Sc1c(Cl)cccc1C=NO. The van der Waals surface area contributed by atoms with E-state index in [1.165, 1.54) is 6.21 Å². The van der Waals surface area contributed by atoms with Crippen LogP contribution in [0.5, 0.6) is 0 Å². The van der Waals surface area contributed by atoms with Crippen molar-refractivity contribution in [2.24, 2.45) is 5.16 Å². The lowest BCUT2D eigenvalue weighted by molar-refractivity contribution is 0.322. The van der Waals surface area contributed by atoms with Gasteiger partial charge in [0.25, 0.3) is 0 Å². The van der Waals surface area contributed by atoms with Crippen LogP contribution in [0.3, 0.4) is 0 Å². The number of thioether (sulfide) groups is 1. The lowest BCUT2D eigenvalue weighted by Crippen LogP contribution is -2.07. The van der Waals surface area contributed by atoms with E-state index >= 15 is 0 Å². The zero-order valence-corrected chi connectivity index (χ0v) is 10.6. The maximum atomic E-state index is 8.55. The molecule has 0 amide bonds. The fourth-order valence-corrected chi connectivity index (χ4v) is 2.42. The van der Waals surface area contributed by atoms with Gasteiger partial charge in [-0.05, 0) is 6.07 Å². The summed E-state index contributed by atoms with van der Waals surface area (Å²) in [6, 6.07) is 5.55. The van der Waals surface area contributed by atoms with Gasteiger partial charge in [-0.2, -0.15) is 0 Å². The summed E-state index contributed by atoms with van der Waals surface area (Å²) in [4.78, 5) is 0.949. The van der Waals surface area contributed by atoms with Crippen molar-refractivity contribution in [3.05, 3.63) is 28.8 Å². The Kier molecular flexibility index (Phi) is 4.05. The highest BCUT2D eigenvalue weighted by Crippen LogP contribution is 2.38. The number of hydrogen-bond acceptors (Lipinski definition) is 3. The van der Waals surface area contributed by atoms with E-state index in [-0.39, 0.29) is 4.75 Å². The number of hydrogen-bond donors (Lipinski definition) is 1. The summed E-state index contributed by atoms with van der Waals surface area (Å²) in [5.41, 5.74) is 0.838. The molecular weight excluding hydrogens is 230 g/mol. The van der Waals surface area contributed by atoms with Crippen LogP contribution in [0.2, 0.25) is 5.02 Å². The summed E-state index contributed by atoms with van der Waals surface area (Å²) in [7, 11) is 0. The Labute approximate surface area is 99.3 Å². The van der Waals surface area contributed by atoms with Crippen LogP contribution in [0, 0.1) is 0 Å². The Hall–Kier alpha value is -0.670. The van der Waals surface area contributed by atoms with Crippen LogP contribution in [-0.2, 0) is 0 Å². The molecule has 0 aliphatic heterocycles. The molecule has 1 aromatic rings. The first kappa shape index (κ1) is 12.4. The highest BCUT2D eigenvalue weighted by molar-refractivity contribution is 8.00. The Balaban J connectivity index is 3.13.